The number of aryl methyl sites for hydroxylation is 2. The average Bonchev–Trinajstić information content (AvgIpc) is 1.08. The van der Waals surface area contributed by atoms with Crippen LogP contribution in [0.3, 0.4) is 0 Å². The maximum Gasteiger partial charge on any atom is 0.260 e. The van der Waals surface area contributed by atoms with E-state index in [9.17, 15) is 0 Å². The minimum atomic E-state index is -2.44. The number of hydrogen-bond acceptors (Lipinski definition) is 2. The molecule has 0 bridgehead atoms. The van der Waals surface area contributed by atoms with Gasteiger partial charge in [-0.05, 0) is 160 Å². The molecule has 2 aliphatic heterocycles. The Bertz CT molecular complexity index is 5560. The van der Waals surface area contributed by atoms with Gasteiger partial charge in [-0.1, -0.05) is 188 Å². The van der Waals surface area contributed by atoms with Gasteiger partial charge in [-0.15, -0.1) is 0 Å². The molecule has 402 valence electrons. The molecule has 0 N–H and O–H groups in total. The summed E-state index contributed by atoms with van der Waals surface area (Å²) in [5, 5.41) is 6.96. The van der Waals surface area contributed by atoms with Gasteiger partial charge in [0.2, 0.25) is 0 Å². The van der Waals surface area contributed by atoms with Crippen molar-refractivity contribution >= 4 is 88.5 Å². The second kappa shape index (κ2) is 18.7. The predicted molar refractivity (Wildman–Crippen MR) is 358 cm³/mol. The molecule has 86 heavy (non-hydrogen) atoms. The lowest BCUT2D eigenvalue weighted by Gasteiger charge is -2.34. The average molecular weight is 1100 g/mol. The maximum absolute atomic E-state index is 8.66. The lowest BCUT2D eigenvalue weighted by atomic mass is 9.34. The number of hydrogen-bond donors (Lipinski definition) is 0. The van der Waals surface area contributed by atoms with E-state index in [4.69, 9.17) is 17.7 Å². The van der Waals surface area contributed by atoms with Crippen LogP contribution in [0.25, 0.3) is 127 Å². The van der Waals surface area contributed by atoms with E-state index in [1.807, 2.05) is 42.5 Å². The van der Waals surface area contributed by atoms with Crippen molar-refractivity contribution in [1.82, 2.24) is 13.7 Å². The van der Waals surface area contributed by atoms with Crippen LogP contribution in [0.15, 0.2) is 279 Å². The zero-order chi connectivity index (χ0) is 61.7. The third-order valence-electron chi connectivity index (χ3n) is 18.0. The Kier molecular flexibility index (Phi) is 9.29. The van der Waals surface area contributed by atoms with Crippen molar-refractivity contribution in [1.29, 1.82) is 0 Å². The molecule has 0 amide bonds. The summed E-state index contributed by atoms with van der Waals surface area (Å²) < 4.78 is 73.9. The van der Waals surface area contributed by atoms with Crippen molar-refractivity contribution in [2.45, 2.75) is 13.7 Å². The van der Waals surface area contributed by atoms with Crippen molar-refractivity contribution < 1.29 is 17.7 Å². The Morgan fingerprint density at radius 1 is 0.302 bits per heavy atom. The number of nitrogens with zero attached hydrogens (tertiary/aromatic N) is 3. The van der Waals surface area contributed by atoms with Gasteiger partial charge in [0.05, 0.1) is 44.5 Å². The van der Waals surface area contributed by atoms with Crippen molar-refractivity contribution in [3.8, 4) is 84.6 Å². The number of ether oxygens (including phenoxy) is 2. The maximum atomic E-state index is 8.66. The van der Waals surface area contributed by atoms with E-state index in [0.717, 1.165) is 105 Å². The normalized spacial score (nSPS) is 13.8. The molecule has 5 nitrogen and oxygen atoms in total. The number of para-hydroxylation sites is 7. The SMILES string of the molecule is [2H]C([2H])([2H])c1ccccc1-c1cc(-c2cc3c4c(c2)Oc2cc(-n5c6ccccc6c6ccccc65)ccc2B4c2ccc(-c4cccc(-n5c6ccccc6c6ccccc65)c4-n4c5ccccc5c5ccccc54)cc2O3)cc(-c2ccccc2C([2H])([2H])[2H])c1. The van der Waals surface area contributed by atoms with Gasteiger partial charge in [-0.25, -0.2) is 0 Å². The van der Waals surface area contributed by atoms with Crippen molar-refractivity contribution in [3.63, 3.8) is 0 Å². The third kappa shape index (κ3) is 7.20. The van der Waals surface area contributed by atoms with Gasteiger partial charge >= 0.3 is 0 Å². The summed E-state index contributed by atoms with van der Waals surface area (Å²) in [6.45, 7) is -5.21. The number of rotatable bonds is 7. The molecule has 0 aliphatic carbocycles. The first-order valence-electron chi connectivity index (χ1n) is 32.2. The summed E-state index contributed by atoms with van der Waals surface area (Å²) >= 11 is 0. The van der Waals surface area contributed by atoms with Crippen LogP contribution in [0, 0.1) is 13.7 Å². The Hall–Kier alpha value is -11.1. The zero-order valence-corrected chi connectivity index (χ0v) is 46.3. The molecule has 3 aromatic heterocycles. The number of fused-ring (bicyclic) bond motifs is 13. The van der Waals surface area contributed by atoms with E-state index < -0.39 is 13.7 Å². The first-order valence-corrected chi connectivity index (χ1v) is 29.2. The molecule has 0 spiro atoms. The fourth-order valence-electron chi connectivity index (χ4n) is 14.3. The van der Waals surface area contributed by atoms with Crippen LogP contribution < -0.4 is 25.9 Å². The summed E-state index contributed by atoms with van der Waals surface area (Å²) in [5.74, 6) is 2.59. The molecule has 2 aliphatic rings. The lowest BCUT2D eigenvalue weighted by Crippen LogP contribution is -2.57. The van der Waals surface area contributed by atoms with E-state index in [-0.39, 0.29) is 17.8 Å². The highest BCUT2D eigenvalue weighted by atomic mass is 16.5. The van der Waals surface area contributed by atoms with Crippen molar-refractivity contribution in [2.24, 2.45) is 0 Å². The van der Waals surface area contributed by atoms with Gasteiger partial charge in [-0.2, -0.15) is 0 Å². The molecule has 16 aromatic rings. The quantitative estimate of drug-likeness (QED) is 0.149. The molecule has 0 unspecified atom stereocenters. The van der Waals surface area contributed by atoms with E-state index in [2.05, 4.69) is 226 Å². The number of benzene rings is 13. The second-order valence-corrected chi connectivity index (χ2v) is 22.7. The fraction of sp³-hybridized carbons (Fsp3) is 0.0250. The second-order valence-electron chi connectivity index (χ2n) is 22.7. The largest absolute Gasteiger partial charge is 0.458 e. The Morgan fingerprint density at radius 3 is 1.21 bits per heavy atom. The van der Waals surface area contributed by atoms with Crippen LogP contribution >= 0.6 is 0 Å². The monoisotopic (exact) mass is 1100 g/mol. The standard InChI is InChI=1S/C80H52BN3O2/c1-49-20-3-5-22-57(49)54-42-52(43-55(44-54)58-23-6-4-21-50(58)2)53-46-77-79-78(47-53)86-76-48-56(82-68-31-13-7-24-60(68)61-25-8-14-32-69(61)82)39-41-67(76)81(79)66-40-38-51(45-75(66)85-77)59-30-19-37-74(83-70-33-15-9-26-62(70)63-27-10-16-34-71(63)83)80(59)84-72-35-17-11-28-64(72)65-29-12-18-36-73(65)84/h3-48H,1-2H3/i1D3,2D3. The van der Waals surface area contributed by atoms with Gasteiger partial charge in [0.25, 0.3) is 6.71 Å². The van der Waals surface area contributed by atoms with Crippen LogP contribution in [-0.4, -0.2) is 20.4 Å². The van der Waals surface area contributed by atoms with Crippen molar-refractivity contribution in [3.05, 3.63) is 290 Å². The molecule has 5 heterocycles. The van der Waals surface area contributed by atoms with Gasteiger partial charge in [0.15, 0.2) is 0 Å². The van der Waals surface area contributed by atoms with E-state index in [1.54, 1.807) is 24.3 Å². The Morgan fingerprint density at radius 2 is 0.698 bits per heavy atom. The molecule has 13 aromatic carbocycles. The van der Waals surface area contributed by atoms with Crippen LogP contribution in [-0.2, 0) is 0 Å². The van der Waals surface area contributed by atoms with E-state index in [1.165, 1.54) is 10.8 Å². The third-order valence-corrected chi connectivity index (χ3v) is 18.0. The highest BCUT2D eigenvalue weighted by Crippen LogP contribution is 2.46. The summed E-state index contributed by atoms with van der Waals surface area (Å²) in [5.41, 5.74) is 18.4. The number of aromatic nitrogens is 3. The molecule has 18 rings (SSSR count). The molecule has 0 saturated carbocycles. The highest BCUT2D eigenvalue weighted by molar-refractivity contribution is 6.98. The smallest absolute Gasteiger partial charge is 0.260 e. The molecule has 6 heteroatoms. The topological polar surface area (TPSA) is 33.2 Å². The summed E-state index contributed by atoms with van der Waals surface area (Å²) in [6, 6.07) is 95.5. The highest BCUT2D eigenvalue weighted by Gasteiger charge is 2.41. The zero-order valence-electron chi connectivity index (χ0n) is 52.3. The van der Waals surface area contributed by atoms with Gasteiger partial charge in [0.1, 0.15) is 23.0 Å². The molecular formula is C80H52BN3O2. The Balaban J connectivity index is 0.880. The van der Waals surface area contributed by atoms with Crippen LogP contribution in [0.5, 0.6) is 23.0 Å². The fourth-order valence-corrected chi connectivity index (χ4v) is 14.3. The summed E-state index contributed by atoms with van der Waals surface area (Å²) in [6.07, 6.45) is 0. The molecular weight excluding hydrogens is 1050 g/mol. The summed E-state index contributed by atoms with van der Waals surface area (Å²) in [4.78, 5) is 0. The van der Waals surface area contributed by atoms with Crippen LogP contribution in [0.2, 0.25) is 0 Å². The molecule has 0 radical (unpaired) electrons. The molecule has 0 fully saturated rings. The molecule has 0 saturated heterocycles. The molecule has 0 atom stereocenters. The van der Waals surface area contributed by atoms with Gasteiger partial charge in [-0.3, -0.25) is 0 Å². The van der Waals surface area contributed by atoms with Crippen LogP contribution in [0.4, 0.5) is 0 Å². The first-order chi connectivity index (χ1) is 44.9. The Labute approximate surface area is 505 Å². The lowest BCUT2D eigenvalue weighted by molar-refractivity contribution is 0.465. The predicted octanol–water partition coefficient (Wildman–Crippen LogP) is 19.0. The van der Waals surface area contributed by atoms with Crippen LogP contribution in [0.1, 0.15) is 19.4 Å². The first kappa shape index (κ1) is 42.7. The van der Waals surface area contributed by atoms with Gasteiger partial charge in [0, 0.05) is 63.3 Å². The van der Waals surface area contributed by atoms with Gasteiger partial charge < -0.3 is 23.2 Å². The summed E-state index contributed by atoms with van der Waals surface area (Å²) in [7, 11) is 0. The van der Waals surface area contributed by atoms with E-state index in [0.29, 0.717) is 50.8 Å². The van der Waals surface area contributed by atoms with Crippen molar-refractivity contribution in [2.75, 3.05) is 0 Å². The van der Waals surface area contributed by atoms with E-state index >= 15 is 0 Å². The minimum absolute atomic E-state index is 0.187. The minimum Gasteiger partial charge on any atom is -0.458 e.